The molecule has 0 amide bonds. The van der Waals surface area contributed by atoms with Gasteiger partial charge in [-0.1, -0.05) is 0 Å². The molecule has 0 aromatic carbocycles. The normalized spacial score (nSPS) is 11.2. The number of nitrogens with zero attached hydrogens (tertiary/aromatic N) is 4. The molecule has 0 unspecified atom stereocenters. The number of aromatic nitrogens is 5. The van der Waals surface area contributed by atoms with E-state index >= 15 is 0 Å². The number of hydrogen-bond acceptors (Lipinski definition) is 3. The highest BCUT2D eigenvalue weighted by Crippen LogP contribution is 2.18. The first-order valence-electron chi connectivity index (χ1n) is 5.68. The van der Waals surface area contributed by atoms with Crippen LogP contribution in [0.25, 0.3) is 11.2 Å². The van der Waals surface area contributed by atoms with Crippen molar-refractivity contribution in [3.05, 3.63) is 40.6 Å². The van der Waals surface area contributed by atoms with Gasteiger partial charge in [-0.3, -0.25) is 14.2 Å². The molecule has 0 fully saturated rings. The summed E-state index contributed by atoms with van der Waals surface area (Å²) in [5, 5.41) is 4.40. The topological polar surface area (TPSA) is 51.4 Å². The number of pyridine rings is 1. The van der Waals surface area contributed by atoms with Crippen LogP contribution in [0.1, 0.15) is 11.3 Å². The molecule has 0 aliphatic heterocycles. The van der Waals surface area contributed by atoms with Gasteiger partial charge < -0.3 is 4.98 Å². The first-order chi connectivity index (χ1) is 8.66. The minimum atomic E-state index is 0.720. The van der Waals surface area contributed by atoms with Crippen molar-refractivity contribution in [3.8, 4) is 0 Å². The third-order valence-corrected chi connectivity index (χ3v) is 3.34. The number of aryl methyl sites for hydroxylation is 2. The van der Waals surface area contributed by atoms with Gasteiger partial charge in [0.1, 0.15) is 5.52 Å². The van der Waals surface area contributed by atoms with E-state index in [0.717, 1.165) is 28.2 Å². The van der Waals surface area contributed by atoms with E-state index < -0.39 is 0 Å². The maximum absolute atomic E-state index is 5.38. The van der Waals surface area contributed by atoms with E-state index in [1.807, 2.05) is 30.8 Å². The molecular weight excluding hydrogens is 246 g/mol. The Morgan fingerprint density at radius 1 is 1.33 bits per heavy atom. The van der Waals surface area contributed by atoms with E-state index in [-0.39, 0.29) is 0 Å². The molecule has 0 radical (unpaired) electrons. The van der Waals surface area contributed by atoms with Crippen molar-refractivity contribution in [2.75, 3.05) is 0 Å². The standard InChI is InChI=1S/C12H13N5S/c1-8-10-11(16(2)15-8)17(12(18)14-10)7-9-3-5-13-6-4-9/h3-6H,7H2,1-2H3,(H,14,18). The van der Waals surface area contributed by atoms with Crippen LogP contribution in [-0.4, -0.2) is 24.3 Å². The molecule has 0 saturated carbocycles. The highest BCUT2D eigenvalue weighted by atomic mass is 32.1. The molecule has 1 N–H and O–H groups in total. The van der Waals surface area contributed by atoms with Crippen LogP contribution < -0.4 is 0 Å². The fourth-order valence-electron chi connectivity index (χ4n) is 2.19. The minimum absolute atomic E-state index is 0.720. The van der Waals surface area contributed by atoms with E-state index in [9.17, 15) is 0 Å². The summed E-state index contributed by atoms with van der Waals surface area (Å²) in [5.74, 6) is 0. The molecule has 3 heterocycles. The van der Waals surface area contributed by atoms with Crippen molar-refractivity contribution in [1.82, 2.24) is 24.3 Å². The molecule has 0 saturated heterocycles. The van der Waals surface area contributed by atoms with Gasteiger partial charge in [0.25, 0.3) is 0 Å². The number of imidazole rings is 1. The summed E-state index contributed by atoms with van der Waals surface area (Å²) in [6.45, 7) is 2.70. The zero-order valence-electron chi connectivity index (χ0n) is 10.2. The molecule has 6 heteroatoms. The van der Waals surface area contributed by atoms with Gasteiger partial charge in [-0.15, -0.1) is 0 Å². The number of H-pyrrole nitrogens is 1. The van der Waals surface area contributed by atoms with Crippen LogP contribution >= 0.6 is 12.2 Å². The second-order valence-electron chi connectivity index (χ2n) is 4.28. The second kappa shape index (κ2) is 4.06. The van der Waals surface area contributed by atoms with Gasteiger partial charge >= 0.3 is 0 Å². The molecule has 3 aromatic heterocycles. The maximum Gasteiger partial charge on any atom is 0.179 e. The zero-order chi connectivity index (χ0) is 12.7. The van der Waals surface area contributed by atoms with Crippen LogP contribution in [-0.2, 0) is 13.6 Å². The summed E-state index contributed by atoms with van der Waals surface area (Å²) in [4.78, 5) is 7.24. The van der Waals surface area contributed by atoms with Gasteiger partial charge in [0.15, 0.2) is 10.4 Å². The van der Waals surface area contributed by atoms with Gasteiger partial charge in [-0.2, -0.15) is 5.10 Å². The molecule has 18 heavy (non-hydrogen) atoms. The van der Waals surface area contributed by atoms with Crippen molar-refractivity contribution < 1.29 is 0 Å². The number of hydrogen-bond donors (Lipinski definition) is 1. The highest BCUT2D eigenvalue weighted by molar-refractivity contribution is 7.71. The monoisotopic (exact) mass is 259 g/mol. The summed E-state index contributed by atoms with van der Waals surface area (Å²) in [6, 6.07) is 3.98. The molecule has 0 bridgehead atoms. The van der Waals surface area contributed by atoms with Crippen LogP contribution in [0.4, 0.5) is 0 Å². The van der Waals surface area contributed by atoms with Crippen LogP contribution in [0.5, 0.6) is 0 Å². The van der Waals surface area contributed by atoms with Crippen molar-refractivity contribution in [2.45, 2.75) is 13.5 Å². The molecule has 5 nitrogen and oxygen atoms in total. The third-order valence-electron chi connectivity index (χ3n) is 3.01. The fourth-order valence-corrected chi connectivity index (χ4v) is 2.44. The van der Waals surface area contributed by atoms with E-state index in [1.165, 1.54) is 5.56 Å². The Kier molecular flexibility index (Phi) is 2.52. The Morgan fingerprint density at radius 2 is 2.06 bits per heavy atom. The average molecular weight is 259 g/mol. The molecule has 0 atom stereocenters. The lowest BCUT2D eigenvalue weighted by Crippen LogP contribution is -2.04. The van der Waals surface area contributed by atoms with Gasteiger partial charge in [0, 0.05) is 19.4 Å². The van der Waals surface area contributed by atoms with E-state index in [1.54, 1.807) is 12.4 Å². The summed E-state index contributed by atoms with van der Waals surface area (Å²) in [6.07, 6.45) is 3.58. The molecular formula is C12H13N5S. The second-order valence-corrected chi connectivity index (χ2v) is 4.67. The molecule has 0 aliphatic rings. The first-order valence-corrected chi connectivity index (χ1v) is 6.08. The number of fused-ring (bicyclic) bond motifs is 1. The van der Waals surface area contributed by atoms with Crippen LogP contribution in [0, 0.1) is 11.7 Å². The zero-order valence-corrected chi connectivity index (χ0v) is 11.0. The lowest BCUT2D eigenvalue weighted by molar-refractivity contribution is 0.714. The third kappa shape index (κ3) is 1.65. The van der Waals surface area contributed by atoms with Crippen LogP contribution in [0.3, 0.4) is 0 Å². The molecule has 92 valence electrons. The molecule has 3 rings (SSSR count). The van der Waals surface area contributed by atoms with E-state index in [4.69, 9.17) is 12.2 Å². The average Bonchev–Trinajstić information content (AvgIpc) is 2.81. The number of rotatable bonds is 2. The highest BCUT2D eigenvalue weighted by Gasteiger charge is 2.12. The minimum Gasteiger partial charge on any atom is -0.328 e. The number of aromatic amines is 1. The number of nitrogens with one attached hydrogen (secondary N) is 1. The lowest BCUT2D eigenvalue weighted by atomic mass is 10.3. The van der Waals surface area contributed by atoms with Gasteiger partial charge in [-0.25, -0.2) is 0 Å². The Labute approximate surface area is 109 Å². The summed E-state index contributed by atoms with van der Waals surface area (Å²) in [7, 11) is 1.93. The maximum atomic E-state index is 5.38. The Bertz CT molecular complexity index is 750. The van der Waals surface area contributed by atoms with Crippen LogP contribution in [0.2, 0.25) is 0 Å². The van der Waals surface area contributed by atoms with E-state index in [0.29, 0.717) is 0 Å². The van der Waals surface area contributed by atoms with Crippen molar-refractivity contribution in [1.29, 1.82) is 0 Å². The molecule has 0 aliphatic carbocycles. The van der Waals surface area contributed by atoms with Gasteiger partial charge in [0.05, 0.1) is 12.2 Å². The Balaban J connectivity index is 2.17. The fraction of sp³-hybridized carbons (Fsp3) is 0.250. The van der Waals surface area contributed by atoms with E-state index in [2.05, 4.69) is 19.6 Å². The van der Waals surface area contributed by atoms with Gasteiger partial charge in [-0.05, 0) is 36.8 Å². The summed E-state index contributed by atoms with van der Waals surface area (Å²) >= 11 is 5.38. The quantitative estimate of drug-likeness (QED) is 0.718. The first kappa shape index (κ1) is 11.2. The Hall–Kier alpha value is -1.95. The SMILES string of the molecule is Cc1nn(C)c2c1[nH]c(=S)n2Cc1ccncc1. The predicted molar refractivity (Wildman–Crippen MR) is 72.0 cm³/mol. The lowest BCUT2D eigenvalue weighted by Gasteiger charge is -2.04. The smallest absolute Gasteiger partial charge is 0.179 e. The summed E-state index contributed by atoms with van der Waals surface area (Å²) in [5.41, 5.74) is 4.17. The van der Waals surface area contributed by atoms with Gasteiger partial charge in [0.2, 0.25) is 0 Å². The summed E-state index contributed by atoms with van der Waals surface area (Å²) < 4.78 is 4.64. The van der Waals surface area contributed by atoms with Crippen molar-refractivity contribution in [3.63, 3.8) is 0 Å². The van der Waals surface area contributed by atoms with Crippen molar-refractivity contribution >= 4 is 23.4 Å². The largest absolute Gasteiger partial charge is 0.328 e. The predicted octanol–water partition coefficient (Wildman–Crippen LogP) is 2.18. The molecule has 0 spiro atoms. The Morgan fingerprint density at radius 3 is 2.78 bits per heavy atom. The molecule has 3 aromatic rings. The van der Waals surface area contributed by atoms with Crippen molar-refractivity contribution in [2.24, 2.45) is 7.05 Å². The van der Waals surface area contributed by atoms with Crippen LogP contribution in [0.15, 0.2) is 24.5 Å².